The van der Waals surface area contributed by atoms with Crippen molar-refractivity contribution in [1.29, 1.82) is 0 Å². The number of amides is 1. The van der Waals surface area contributed by atoms with Crippen LogP contribution >= 0.6 is 11.8 Å². The van der Waals surface area contributed by atoms with Crippen LogP contribution in [-0.2, 0) is 4.79 Å². The third-order valence-electron chi connectivity index (χ3n) is 0.940. The highest BCUT2D eigenvalue weighted by molar-refractivity contribution is 7.99. The van der Waals surface area contributed by atoms with E-state index in [2.05, 4.69) is 6.92 Å². The Morgan fingerprint density at radius 2 is 2.33 bits per heavy atom. The molecule has 0 saturated heterocycles. The Bertz CT molecular complexity index is 95.1. The first-order valence-electron chi connectivity index (χ1n) is 3.06. The van der Waals surface area contributed by atoms with Crippen molar-refractivity contribution < 1.29 is 4.79 Å². The fourth-order valence-electron chi connectivity index (χ4n) is 0.627. The van der Waals surface area contributed by atoms with Crippen molar-refractivity contribution in [3.63, 3.8) is 0 Å². The van der Waals surface area contributed by atoms with E-state index in [0.717, 1.165) is 5.75 Å². The Morgan fingerprint density at radius 1 is 1.78 bits per heavy atom. The molecule has 2 nitrogen and oxygen atoms in total. The van der Waals surface area contributed by atoms with Gasteiger partial charge in [0.1, 0.15) is 0 Å². The summed E-state index contributed by atoms with van der Waals surface area (Å²) >= 11 is 1.76. The van der Waals surface area contributed by atoms with Crippen molar-refractivity contribution in [3.8, 4) is 0 Å². The summed E-state index contributed by atoms with van der Waals surface area (Å²) in [5.41, 5.74) is 4.97. The third kappa shape index (κ3) is 5.69. The number of thioether (sulfide) groups is 1. The van der Waals surface area contributed by atoms with Crippen LogP contribution in [0.1, 0.15) is 20.3 Å². The normalized spacial score (nSPS) is 13.1. The van der Waals surface area contributed by atoms with E-state index in [1.165, 1.54) is 0 Å². The molecular formula is C6H13NOS. The van der Waals surface area contributed by atoms with E-state index in [1.54, 1.807) is 11.8 Å². The Hall–Kier alpha value is -0.180. The quantitative estimate of drug-likeness (QED) is 0.644. The summed E-state index contributed by atoms with van der Waals surface area (Å²) in [5, 5.41) is 0.382. The van der Waals surface area contributed by atoms with Gasteiger partial charge in [-0.2, -0.15) is 11.8 Å². The van der Waals surface area contributed by atoms with Gasteiger partial charge in [-0.15, -0.1) is 0 Å². The molecule has 0 heterocycles. The van der Waals surface area contributed by atoms with Gasteiger partial charge in [0.25, 0.3) is 0 Å². The first kappa shape index (κ1) is 8.82. The van der Waals surface area contributed by atoms with Crippen LogP contribution in [0.4, 0.5) is 0 Å². The van der Waals surface area contributed by atoms with Gasteiger partial charge >= 0.3 is 0 Å². The number of nitrogens with two attached hydrogens (primary N) is 1. The van der Waals surface area contributed by atoms with E-state index in [-0.39, 0.29) is 5.91 Å². The molecule has 0 aliphatic heterocycles. The van der Waals surface area contributed by atoms with Crippen LogP contribution in [0, 0.1) is 0 Å². The minimum absolute atomic E-state index is 0.205. The molecule has 0 bridgehead atoms. The van der Waals surface area contributed by atoms with Gasteiger partial charge in [-0.05, 0) is 5.75 Å². The number of carbonyl (C=O) groups excluding carboxylic acids is 1. The summed E-state index contributed by atoms with van der Waals surface area (Å²) in [5.74, 6) is 0.845. The minimum Gasteiger partial charge on any atom is -0.370 e. The Balaban J connectivity index is 3.26. The van der Waals surface area contributed by atoms with Crippen molar-refractivity contribution >= 4 is 17.7 Å². The zero-order valence-electron chi connectivity index (χ0n) is 5.89. The van der Waals surface area contributed by atoms with Gasteiger partial charge in [-0.25, -0.2) is 0 Å². The van der Waals surface area contributed by atoms with Gasteiger partial charge in [0.2, 0.25) is 5.91 Å². The summed E-state index contributed by atoms with van der Waals surface area (Å²) in [7, 11) is 0. The smallest absolute Gasteiger partial charge is 0.218 e. The molecule has 3 heteroatoms. The molecule has 0 rings (SSSR count). The molecule has 0 radical (unpaired) electrons. The highest BCUT2D eigenvalue weighted by Gasteiger charge is 2.03. The van der Waals surface area contributed by atoms with E-state index in [0.29, 0.717) is 11.7 Å². The van der Waals surface area contributed by atoms with Crippen LogP contribution in [-0.4, -0.2) is 16.9 Å². The Kier molecular flexibility index (Phi) is 4.58. The molecule has 0 aliphatic carbocycles. The highest BCUT2D eigenvalue weighted by Crippen LogP contribution is 2.11. The van der Waals surface area contributed by atoms with Crippen LogP contribution in [0.3, 0.4) is 0 Å². The van der Waals surface area contributed by atoms with Gasteiger partial charge in [-0.3, -0.25) is 4.79 Å². The highest BCUT2D eigenvalue weighted by atomic mass is 32.2. The Labute approximate surface area is 60.2 Å². The third-order valence-corrected chi connectivity index (χ3v) is 2.01. The average Bonchev–Trinajstić information content (AvgIpc) is 1.63. The monoisotopic (exact) mass is 147 g/mol. The fourth-order valence-corrected chi connectivity index (χ4v) is 1.48. The topological polar surface area (TPSA) is 43.1 Å². The average molecular weight is 147 g/mol. The maximum atomic E-state index is 10.3. The summed E-state index contributed by atoms with van der Waals surface area (Å²) in [6.45, 7) is 4.08. The van der Waals surface area contributed by atoms with Crippen LogP contribution in [0.25, 0.3) is 0 Å². The van der Waals surface area contributed by atoms with Crippen molar-refractivity contribution in [3.05, 3.63) is 0 Å². The van der Waals surface area contributed by atoms with Crippen molar-refractivity contribution in [1.82, 2.24) is 0 Å². The van der Waals surface area contributed by atoms with Crippen LogP contribution < -0.4 is 5.73 Å². The van der Waals surface area contributed by atoms with Gasteiger partial charge in [0.15, 0.2) is 0 Å². The van der Waals surface area contributed by atoms with Gasteiger partial charge in [-0.1, -0.05) is 13.8 Å². The second-order valence-corrected chi connectivity index (χ2v) is 3.65. The number of rotatable bonds is 4. The molecule has 0 saturated carbocycles. The molecule has 54 valence electrons. The lowest BCUT2D eigenvalue weighted by Crippen LogP contribution is -2.15. The molecule has 0 aromatic heterocycles. The number of primary amides is 1. The first-order chi connectivity index (χ1) is 4.16. The van der Waals surface area contributed by atoms with Crippen molar-refractivity contribution in [2.24, 2.45) is 5.73 Å². The van der Waals surface area contributed by atoms with Gasteiger partial charge < -0.3 is 5.73 Å². The molecule has 0 spiro atoms. The summed E-state index contributed by atoms with van der Waals surface area (Å²) in [6, 6.07) is 0. The van der Waals surface area contributed by atoms with Crippen LogP contribution in [0.15, 0.2) is 0 Å². The Morgan fingerprint density at radius 3 is 2.67 bits per heavy atom. The summed E-state index contributed by atoms with van der Waals surface area (Å²) < 4.78 is 0. The zero-order valence-corrected chi connectivity index (χ0v) is 6.70. The molecule has 0 fully saturated rings. The summed E-state index contributed by atoms with van der Waals surface area (Å²) in [4.78, 5) is 10.3. The second kappa shape index (κ2) is 4.68. The zero-order chi connectivity index (χ0) is 7.28. The maximum absolute atomic E-state index is 10.3. The molecule has 1 unspecified atom stereocenters. The SMILES string of the molecule is CCSC(C)CC(N)=O. The van der Waals surface area contributed by atoms with E-state index in [1.807, 2.05) is 6.92 Å². The van der Waals surface area contributed by atoms with E-state index in [4.69, 9.17) is 5.73 Å². The van der Waals surface area contributed by atoms with Gasteiger partial charge in [0, 0.05) is 11.7 Å². The number of hydrogen-bond donors (Lipinski definition) is 1. The molecule has 9 heavy (non-hydrogen) atoms. The molecule has 1 atom stereocenters. The van der Waals surface area contributed by atoms with Crippen LogP contribution in [0.5, 0.6) is 0 Å². The number of carbonyl (C=O) groups is 1. The fraction of sp³-hybridized carbons (Fsp3) is 0.833. The predicted molar refractivity (Wildman–Crippen MR) is 41.4 cm³/mol. The van der Waals surface area contributed by atoms with Crippen LogP contribution in [0.2, 0.25) is 0 Å². The van der Waals surface area contributed by atoms with Gasteiger partial charge in [0.05, 0.1) is 0 Å². The maximum Gasteiger partial charge on any atom is 0.218 e. The molecular weight excluding hydrogens is 134 g/mol. The first-order valence-corrected chi connectivity index (χ1v) is 4.11. The molecule has 0 aromatic rings. The molecule has 1 amide bonds. The molecule has 2 N–H and O–H groups in total. The largest absolute Gasteiger partial charge is 0.370 e. The molecule has 0 aliphatic rings. The minimum atomic E-state index is -0.205. The van der Waals surface area contributed by atoms with Crippen molar-refractivity contribution in [2.75, 3.05) is 5.75 Å². The van der Waals surface area contributed by atoms with E-state index < -0.39 is 0 Å². The lowest BCUT2D eigenvalue weighted by Gasteiger charge is -2.04. The molecule has 0 aromatic carbocycles. The lowest BCUT2D eigenvalue weighted by molar-refractivity contribution is -0.117. The van der Waals surface area contributed by atoms with Crippen molar-refractivity contribution in [2.45, 2.75) is 25.5 Å². The van der Waals surface area contributed by atoms with E-state index in [9.17, 15) is 4.79 Å². The second-order valence-electron chi connectivity index (χ2n) is 1.94. The standard InChI is InChI=1S/C6H13NOS/c1-3-9-5(2)4-6(7)8/h5H,3-4H2,1-2H3,(H2,7,8). The predicted octanol–water partition coefficient (Wildman–Crippen LogP) is 1.00. The number of hydrogen-bond acceptors (Lipinski definition) is 2. The lowest BCUT2D eigenvalue weighted by atomic mass is 10.3. The summed E-state index contributed by atoms with van der Waals surface area (Å²) in [6.07, 6.45) is 0.499. The van der Waals surface area contributed by atoms with E-state index >= 15 is 0 Å².